The maximum atomic E-state index is 12.4. The highest BCUT2D eigenvalue weighted by Crippen LogP contribution is 2.14. The molecule has 0 spiro atoms. The van der Waals surface area contributed by atoms with Crippen molar-refractivity contribution in [1.82, 2.24) is 0 Å². The first-order valence-electron chi connectivity index (χ1n) is 9.08. The fourth-order valence-electron chi connectivity index (χ4n) is 2.11. The Balaban J connectivity index is 5.07. The quantitative estimate of drug-likeness (QED) is 0.297. The lowest BCUT2D eigenvalue weighted by Crippen LogP contribution is -2.47. The molecule has 8 heteroatoms. The Labute approximate surface area is 154 Å². The first-order valence-corrected chi connectivity index (χ1v) is 9.08. The van der Waals surface area contributed by atoms with Gasteiger partial charge in [-0.2, -0.15) is 0 Å². The van der Waals surface area contributed by atoms with Gasteiger partial charge in [-0.1, -0.05) is 40.0 Å². The number of carbonyl (C=O) groups excluding carboxylic acids is 3. The molecule has 0 saturated carbocycles. The second-order valence-corrected chi connectivity index (χ2v) is 5.96. The van der Waals surface area contributed by atoms with Crippen molar-refractivity contribution in [2.45, 2.75) is 91.0 Å². The van der Waals surface area contributed by atoms with Gasteiger partial charge in [0.15, 0.2) is 0 Å². The predicted octanol–water partition coefficient (Wildman–Crippen LogP) is 2.62. The van der Waals surface area contributed by atoms with E-state index in [-0.39, 0.29) is 12.8 Å². The number of rotatable bonds is 13. The standard InChI is InChI=1S/C18H30O8/c1-5-8-9-10-11-12(4)24-18(23)16(26-14(20)7-3)15(17(21)22)25-13(19)6-2/h12,15-16H,5-11H2,1-4H3,(H,21,22). The van der Waals surface area contributed by atoms with Crippen LogP contribution < -0.4 is 0 Å². The molecule has 0 heterocycles. The highest BCUT2D eigenvalue weighted by molar-refractivity contribution is 5.88. The van der Waals surface area contributed by atoms with Crippen molar-refractivity contribution in [3.05, 3.63) is 0 Å². The van der Waals surface area contributed by atoms with Gasteiger partial charge in [0.25, 0.3) is 0 Å². The first kappa shape index (κ1) is 23.9. The van der Waals surface area contributed by atoms with Gasteiger partial charge in [-0.3, -0.25) is 9.59 Å². The zero-order valence-corrected chi connectivity index (χ0v) is 16.0. The largest absolute Gasteiger partial charge is 0.478 e. The molecule has 0 amide bonds. The Morgan fingerprint density at radius 2 is 1.35 bits per heavy atom. The number of hydrogen-bond acceptors (Lipinski definition) is 7. The van der Waals surface area contributed by atoms with E-state index in [1.54, 1.807) is 6.92 Å². The highest BCUT2D eigenvalue weighted by Gasteiger charge is 2.41. The average Bonchev–Trinajstić information content (AvgIpc) is 2.60. The molecule has 0 aromatic rings. The molecule has 0 aliphatic heterocycles. The smallest absolute Gasteiger partial charge is 0.352 e. The van der Waals surface area contributed by atoms with E-state index in [1.165, 1.54) is 13.8 Å². The SMILES string of the molecule is CCCCCCC(C)OC(=O)C(OC(=O)CC)C(OC(=O)CC)C(=O)O. The lowest BCUT2D eigenvalue weighted by molar-refractivity contribution is -0.191. The Bertz CT molecular complexity index is 474. The van der Waals surface area contributed by atoms with Gasteiger partial charge in [-0.05, 0) is 19.8 Å². The number of carboxylic acid groups (broad SMARTS) is 1. The Morgan fingerprint density at radius 3 is 1.81 bits per heavy atom. The number of ether oxygens (including phenoxy) is 3. The second kappa shape index (κ2) is 13.1. The van der Waals surface area contributed by atoms with Gasteiger partial charge < -0.3 is 19.3 Å². The van der Waals surface area contributed by atoms with Crippen molar-refractivity contribution in [3.63, 3.8) is 0 Å². The minimum atomic E-state index is -1.95. The van der Waals surface area contributed by atoms with Gasteiger partial charge in [0.1, 0.15) is 0 Å². The van der Waals surface area contributed by atoms with Crippen LogP contribution in [0.25, 0.3) is 0 Å². The summed E-state index contributed by atoms with van der Waals surface area (Å²) in [6, 6.07) is 0. The average molecular weight is 374 g/mol. The Hall–Kier alpha value is -2.12. The van der Waals surface area contributed by atoms with Crippen LogP contribution in [0.15, 0.2) is 0 Å². The monoisotopic (exact) mass is 374 g/mol. The van der Waals surface area contributed by atoms with E-state index >= 15 is 0 Å². The van der Waals surface area contributed by atoms with E-state index in [9.17, 15) is 24.3 Å². The number of carboxylic acids is 1. The molecule has 0 bridgehead atoms. The fraction of sp³-hybridized carbons (Fsp3) is 0.778. The van der Waals surface area contributed by atoms with Gasteiger partial charge in [-0.15, -0.1) is 0 Å². The summed E-state index contributed by atoms with van der Waals surface area (Å²) in [5.41, 5.74) is 0. The maximum Gasteiger partial charge on any atom is 0.352 e. The third-order valence-corrected chi connectivity index (χ3v) is 3.63. The minimum absolute atomic E-state index is 0.0651. The van der Waals surface area contributed by atoms with Crippen molar-refractivity contribution >= 4 is 23.9 Å². The van der Waals surface area contributed by atoms with E-state index in [1.807, 2.05) is 0 Å². The Morgan fingerprint density at radius 1 is 0.808 bits per heavy atom. The molecular weight excluding hydrogens is 344 g/mol. The van der Waals surface area contributed by atoms with Crippen LogP contribution in [-0.4, -0.2) is 47.3 Å². The maximum absolute atomic E-state index is 12.4. The van der Waals surface area contributed by atoms with Gasteiger partial charge in [0.2, 0.25) is 12.2 Å². The van der Waals surface area contributed by atoms with Gasteiger partial charge in [0, 0.05) is 12.8 Å². The molecular formula is C18H30O8. The topological polar surface area (TPSA) is 116 Å². The number of hydrogen-bond donors (Lipinski definition) is 1. The predicted molar refractivity (Wildman–Crippen MR) is 92.3 cm³/mol. The van der Waals surface area contributed by atoms with Crippen LogP contribution in [0.4, 0.5) is 0 Å². The molecule has 0 fully saturated rings. The van der Waals surface area contributed by atoms with Crippen LogP contribution in [0.3, 0.4) is 0 Å². The van der Waals surface area contributed by atoms with E-state index in [4.69, 9.17) is 14.2 Å². The minimum Gasteiger partial charge on any atom is -0.478 e. The van der Waals surface area contributed by atoms with Crippen LogP contribution in [0.5, 0.6) is 0 Å². The van der Waals surface area contributed by atoms with E-state index in [0.29, 0.717) is 6.42 Å². The molecule has 3 unspecified atom stereocenters. The number of aliphatic carboxylic acids is 1. The molecule has 0 saturated heterocycles. The van der Waals surface area contributed by atoms with Crippen molar-refractivity contribution < 1.29 is 38.5 Å². The lowest BCUT2D eigenvalue weighted by Gasteiger charge is -2.24. The summed E-state index contributed by atoms with van der Waals surface area (Å²) in [6.45, 7) is 6.73. The van der Waals surface area contributed by atoms with E-state index in [0.717, 1.165) is 25.7 Å². The van der Waals surface area contributed by atoms with Crippen LogP contribution >= 0.6 is 0 Å². The zero-order chi connectivity index (χ0) is 20.1. The van der Waals surface area contributed by atoms with Crippen molar-refractivity contribution in [2.24, 2.45) is 0 Å². The van der Waals surface area contributed by atoms with E-state index in [2.05, 4.69) is 6.92 Å². The summed E-state index contributed by atoms with van der Waals surface area (Å²) in [6.07, 6.45) is 0.202. The summed E-state index contributed by atoms with van der Waals surface area (Å²) < 4.78 is 14.9. The summed E-state index contributed by atoms with van der Waals surface area (Å²) in [5, 5.41) is 9.28. The number of unbranched alkanes of at least 4 members (excludes halogenated alkanes) is 3. The number of esters is 3. The molecule has 150 valence electrons. The normalized spacial score (nSPS) is 14.0. The molecule has 8 nitrogen and oxygen atoms in total. The van der Waals surface area contributed by atoms with Crippen molar-refractivity contribution in [2.75, 3.05) is 0 Å². The van der Waals surface area contributed by atoms with Crippen molar-refractivity contribution in [1.29, 1.82) is 0 Å². The van der Waals surface area contributed by atoms with Gasteiger partial charge >= 0.3 is 23.9 Å². The molecule has 3 atom stereocenters. The summed E-state index contributed by atoms with van der Waals surface area (Å²) in [5.74, 6) is -4.24. The molecule has 0 radical (unpaired) electrons. The Kier molecular flexibility index (Phi) is 12.1. The van der Waals surface area contributed by atoms with Crippen LogP contribution in [0.2, 0.25) is 0 Å². The second-order valence-electron chi connectivity index (χ2n) is 5.96. The lowest BCUT2D eigenvalue weighted by atomic mass is 10.1. The molecule has 26 heavy (non-hydrogen) atoms. The molecule has 1 N–H and O–H groups in total. The summed E-state index contributed by atoms with van der Waals surface area (Å²) >= 11 is 0. The third-order valence-electron chi connectivity index (χ3n) is 3.63. The van der Waals surface area contributed by atoms with Gasteiger partial charge in [-0.25, -0.2) is 9.59 Å². The summed E-state index contributed by atoms with van der Waals surface area (Å²) in [4.78, 5) is 46.8. The molecule has 0 aliphatic carbocycles. The third kappa shape index (κ3) is 9.39. The van der Waals surface area contributed by atoms with Crippen LogP contribution in [0.1, 0.15) is 72.6 Å². The van der Waals surface area contributed by atoms with Crippen LogP contribution in [-0.2, 0) is 33.4 Å². The summed E-state index contributed by atoms with van der Waals surface area (Å²) in [7, 11) is 0. The first-order chi connectivity index (χ1) is 12.3. The zero-order valence-electron chi connectivity index (χ0n) is 16.0. The van der Waals surface area contributed by atoms with Crippen LogP contribution in [0, 0.1) is 0 Å². The molecule has 0 aliphatic rings. The number of carbonyl (C=O) groups is 4. The van der Waals surface area contributed by atoms with Gasteiger partial charge in [0.05, 0.1) is 6.10 Å². The molecule has 0 aromatic carbocycles. The van der Waals surface area contributed by atoms with E-state index < -0.39 is 42.2 Å². The fourth-order valence-corrected chi connectivity index (χ4v) is 2.11. The van der Waals surface area contributed by atoms with Crippen molar-refractivity contribution in [3.8, 4) is 0 Å². The molecule has 0 rings (SSSR count). The molecule has 0 aromatic heterocycles. The highest BCUT2D eigenvalue weighted by atomic mass is 16.6.